The molecule has 2 aromatic rings. The summed E-state index contributed by atoms with van der Waals surface area (Å²) in [6.07, 6.45) is 1.18. The number of benzene rings is 2. The number of hydrogen-bond acceptors (Lipinski definition) is 4. The van der Waals surface area contributed by atoms with E-state index < -0.39 is 0 Å². The van der Waals surface area contributed by atoms with Crippen LogP contribution in [-0.4, -0.2) is 46.4 Å². The van der Waals surface area contributed by atoms with Gasteiger partial charge in [0.15, 0.2) is 17.5 Å². The van der Waals surface area contributed by atoms with Gasteiger partial charge in [-0.25, -0.2) is 0 Å². The Labute approximate surface area is 190 Å². The van der Waals surface area contributed by atoms with Gasteiger partial charge in [0.05, 0.1) is 13.7 Å². The fourth-order valence-corrected chi connectivity index (χ4v) is 3.45. The minimum atomic E-state index is 0. The Morgan fingerprint density at radius 3 is 2.66 bits per heavy atom. The second-order valence-corrected chi connectivity index (χ2v) is 6.81. The summed E-state index contributed by atoms with van der Waals surface area (Å²) in [7, 11) is 3.43. The molecular weight excluding hydrogens is 479 g/mol. The number of nitrogens with one attached hydrogen (secondary N) is 2. The summed E-state index contributed by atoms with van der Waals surface area (Å²) in [6.45, 7) is 5.59. The molecule has 0 aliphatic carbocycles. The summed E-state index contributed by atoms with van der Waals surface area (Å²) < 4.78 is 11.0. The maximum atomic E-state index is 5.65. The van der Waals surface area contributed by atoms with Crippen LogP contribution in [0.15, 0.2) is 53.5 Å². The van der Waals surface area contributed by atoms with Gasteiger partial charge in [0, 0.05) is 44.1 Å². The quantitative estimate of drug-likeness (QED) is 0.332. The topological polar surface area (TPSA) is 58.1 Å². The molecule has 158 valence electrons. The molecule has 1 heterocycles. The van der Waals surface area contributed by atoms with Crippen LogP contribution in [0.25, 0.3) is 0 Å². The first-order valence-electron chi connectivity index (χ1n) is 9.82. The molecule has 1 atom stereocenters. The van der Waals surface area contributed by atoms with Crippen molar-refractivity contribution < 1.29 is 9.47 Å². The second-order valence-electron chi connectivity index (χ2n) is 6.81. The third-order valence-electron chi connectivity index (χ3n) is 4.92. The minimum absolute atomic E-state index is 0. The molecule has 0 radical (unpaired) electrons. The summed E-state index contributed by atoms with van der Waals surface area (Å²) >= 11 is 0. The van der Waals surface area contributed by atoms with Crippen LogP contribution in [0.3, 0.4) is 0 Å². The largest absolute Gasteiger partial charge is 0.493 e. The van der Waals surface area contributed by atoms with Gasteiger partial charge in [0.2, 0.25) is 0 Å². The zero-order valence-corrected chi connectivity index (χ0v) is 19.7. The van der Waals surface area contributed by atoms with Gasteiger partial charge in [0.1, 0.15) is 0 Å². The normalized spacial score (nSPS) is 16.2. The van der Waals surface area contributed by atoms with Gasteiger partial charge >= 0.3 is 0 Å². The second kappa shape index (κ2) is 11.7. The summed E-state index contributed by atoms with van der Waals surface area (Å²) in [4.78, 5) is 6.79. The summed E-state index contributed by atoms with van der Waals surface area (Å²) in [5.41, 5.74) is 2.21. The van der Waals surface area contributed by atoms with E-state index in [2.05, 4.69) is 50.9 Å². The Hall–Kier alpha value is -2.16. The zero-order valence-electron chi connectivity index (χ0n) is 17.4. The van der Waals surface area contributed by atoms with Crippen molar-refractivity contribution in [1.82, 2.24) is 5.32 Å². The fourth-order valence-electron chi connectivity index (χ4n) is 3.45. The van der Waals surface area contributed by atoms with Gasteiger partial charge in [-0.3, -0.25) is 4.99 Å². The number of methoxy groups -OCH3 is 1. The number of nitrogens with zero attached hydrogens (tertiary/aromatic N) is 2. The molecule has 1 fully saturated rings. The third kappa shape index (κ3) is 6.42. The monoisotopic (exact) mass is 510 g/mol. The van der Waals surface area contributed by atoms with E-state index >= 15 is 0 Å². The average molecular weight is 510 g/mol. The highest BCUT2D eigenvalue weighted by Gasteiger charge is 2.22. The summed E-state index contributed by atoms with van der Waals surface area (Å²) in [5.74, 6) is 2.79. The van der Waals surface area contributed by atoms with E-state index in [0.29, 0.717) is 12.5 Å². The van der Waals surface area contributed by atoms with E-state index in [9.17, 15) is 0 Å². The molecule has 2 N–H and O–H groups in total. The number of guanidine groups is 1. The van der Waals surface area contributed by atoms with Crippen LogP contribution < -0.4 is 25.0 Å². The number of hydrogen-bond donors (Lipinski definition) is 2. The molecule has 1 aliphatic heterocycles. The summed E-state index contributed by atoms with van der Waals surface area (Å²) in [5, 5.41) is 6.79. The molecule has 2 aromatic carbocycles. The van der Waals surface area contributed by atoms with Crippen LogP contribution in [0.5, 0.6) is 11.5 Å². The van der Waals surface area contributed by atoms with Crippen molar-refractivity contribution in [3.05, 3.63) is 48.5 Å². The van der Waals surface area contributed by atoms with Crippen molar-refractivity contribution in [3.8, 4) is 11.5 Å². The molecule has 0 spiro atoms. The lowest BCUT2D eigenvalue weighted by Crippen LogP contribution is -2.35. The van der Waals surface area contributed by atoms with Crippen molar-refractivity contribution in [2.45, 2.75) is 13.3 Å². The van der Waals surface area contributed by atoms with Gasteiger partial charge in [-0.05, 0) is 43.5 Å². The number of halogens is 1. The Morgan fingerprint density at radius 1 is 1.17 bits per heavy atom. The SMILES string of the molecule is CCOc1cc(NC(=NC)NCC2CCN(c3ccccc3)C2)ccc1OC.I. The first-order chi connectivity index (χ1) is 13.7. The van der Waals surface area contributed by atoms with Crippen molar-refractivity contribution in [1.29, 1.82) is 0 Å². The lowest BCUT2D eigenvalue weighted by atomic mass is 10.1. The van der Waals surface area contributed by atoms with Crippen LogP contribution in [0, 0.1) is 5.92 Å². The molecule has 3 rings (SSSR count). The first-order valence-corrected chi connectivity index (χ1v) is 9.82. The van der Waals surface area contributed by atoms with E-state index in [-0.39, 0.29) is 24.0 Å². The van der Waals surface area contributed by atoms with Gasteiger partial charge < -0.3 is 25.0 Å². The Bertz CT molecular complexity index is 786. The predicted molar refractivity (Wildman–Crippen MR) is 131 cm³/mol. The molecule has 1 saturated heterocycles. The Morgan fingerprint density at radius 2 is 1.97 bits per heavy atom. The Balaban J connectivity index is 0.00000300. The van der Waals surface area contributed by atoms with E-state index in [0.717, 1.165) is 42.8 Å². The maximum absolute atomic E-state index is 5.65. The molecule has 0 amide bonds. The molecule has 0 aromatic heterocycles. The summed E-state index contributed by atoms with van der Waals surface area (Å²) in [6, 6.07) is 16.4. The van der Waals surface area contributed by atoms with Gasteiger partial charge in [-0.1, -0.05) is 18.2 Å². The van der Waals surface area contributed by atoms with E-state index in [1.165, 1.54) is 12.1 Å². The first kappa shape index (κ1) is 23.1. The van der Waals surface area contributed by atoms with Crippen LogP contribution in [-0.2, 0) is 0 Å². The minimum Gasteiger partial charge on any atom is -0.493 e. The van der Waals surface area contributed by atoms with Crippen molar-refractivity contribution >= 4 is 41.3 Å². The fraction of sp³-hybridized carbons (Fsp3) is 0.409. The van der Waals surface area contributed by atoms with E-state index in [4.69, 9.17) is 9.47 Å². The third-order valence-corrected chi connectivity index (χ3v) is 4.92. The smallest absolute Gasteiger partial charge is 0.195 e. The van der Waals surface area contributed by atoms with Crippen molar-refractivity contribution in [2.24, 2.45) is 10.9 Å². The molecule has 1 aliphatic rings. The lowest BCUT2D eigenvalue weighted by molar-refractivity contribution is 0.311. The number of para-hydroxylation sites is 1. The van der Waals surface area contributed by atoms with Gasteiger partial charge in [0.25, 0.3) is 0 Å². The standard InChI is InChI=1S/C22H30N4O2.HI/c1-4-28-21-14-18(10-11-20(21)27-3)25-22(23-2)24-15-17-12-13-26(16-17)19-8-6-5-7-9-19;/h5-11,14,17H,4,12-13,15-16H2,1-3H3,(H2,23,24,25);1H. The maximum Gasteiger partial charge on any atom is 0.195 e. The molecule has 0 saturated carbocycles. The van der Waals surface area contributed by atoms with Gasteiger partial charge in [-0.15, -0.1) is 24.0 Å². The molecule has 1 unspecified atom stereocenters. The molecule has 29 heavy (non-hydrogen) atoms. The van der Waals surface area contributed by atoms with Crippen molar-refractivity contribution in [2.75, 3.05) is 50.6 Å². The van der Waals surface area contributed by atoms with Crippen LogP contribution in [0.2, 0.25) is 0 Å². The zero-order chi connectivity index (χ0) is 19.8. The predicted octanol–water partition coefficient (Wildman–Crippen LogP) is 4.23. The van der Waals surface area contributed by atoms with Crippen LogP contribution >= 0.6 is 24.0 Å². The number of anilines is 2. The number of rotatable bonds is 7. The van der Waals surface area contributed by atoms with E-state index in [1.54, 1.807) is 14.2 Å². The number of ether oxygens (including phenoxy) is 2. The van der Waals surface area contributed by atoms with Crippen LogP contribution in [0.1, 0.15) is 13.3 Å². The highest BCUT2D eigenvalue weighted by atomic mass is 127. The van der Waals surface area contributed by atoms with Crippen LogP contribution in [0.4, 0.5) is 11.4 Å². The Kier molecular flexibility index (Phi) is 9.37. The highest BCUT2D eigenvalue weighted by molar-refractivity contribution is 14.0. The highest BCUT2D eigenvalue weighted by Crippen LogP contribution is 2.30. The molecule has 7 heteroatoms. The average Bonchev–Trinajstić information content (AvgIpc) is 3.21. The molecule has 6 nitrogen and oxygen atoms in total. The lowest BCUT2D eigenvalue weighted by Gasteiger charge is -2.19. The molecular formula is C22H31IN4O2. The van der Waals surface area contributed by atoms with Gasteiger partial charge in [-0.2, -0.15) is 0 Å². The number of aliphatic imine (C=N–C) groups is 1. The molecule has 0 bridgehead atoms. The van der Waals surface area contributed by atoms with E-state index in [1.807, 2.05) is 25.1 Å². The van der Waals surface area contributed by atoms with Crippen molar-refractivity contribution in [3.63, 3.8) is 0 Å².